The molecule has 0 radical (unpaired) electrons. The van der Waals surface area contributed by atoms with Gasteiger partial charge in [0.25, 0.3) is 0 Å². The lowest BCUT2D eigenvalue weighted by Crippen LogP contribution is -2.30. The summed E-state index contributed by atoms with van der Waals surface area (Å²) in [5.74, 6) is 1.68. The zero-order chi connectivity index (χ0) is 44.9. The van der Waals surface area contributed by atoms with E-state index in [0.717, 1.165) is 75.5 Å². The molecule has 0 bridgehead atoms. The molecule has 0 aliphatic carbocycles. The average Bonchev–Trinajstić information content (AvgIpc) is 3.24. The zero-order valence-corrected chi connectivity index (χ0v) is 42.0. The third-order valence-electron chi connectivity index (χ3n) is 13.1. The summed E-state index contributed by atoms with van der Waals surface area (Å²) in [6.07, 6.45) is 46.6. The highest BCUT2D eigenvalue weighted by Crippen LogP contribution is 2.19. The van der Waals surface area contributed by atoms with Crippen LogP contribution in [0.25, 0.3) is 0 Å². The fourth-order valence-electron chi connectivity index (χ4n) is 8.23. The molecule has 0 N–H and O–H groups in total. The number of carbonyl (C=O) groups excluding carboxylic acids is 3. The number of hydrogen-bond donors (Lipinski definition) is 0. The molecule has 0 aromatic carbocycles. The van der Waals surface area contributed by atoms with Gasteiger partial charge in [0.05, 0.1) is 0 Å². The van der Waals surface area contributed by atoms with Crippen LogP contribution in [0.3, 0.4) is 0 Å². The van der Waals surface area contributed by atoms with Crippen LogP contribution in [0.15, 0.2) is 0 Å². The van der Waals surface area contributed by atoms with E-state index in [1.165, 1.54) is 180 Å². The van der Waals surface area contributed by atoms with Gasteiger partial charge in [0.2, 0.25) is 0 Å². The van der Waals surface area contributed by atoms with Gasteiger partial charge in [-0.3, -0.25) is 14.4 Å². The first-order valence-corrected chi connectivity index (χ1v) is 27.2. The Hall–Kier alpha value is -1.59. The van der Waals surface area contributed by atoms with Crippen molar-refractivity contribution in [2.45, 2.75) is 304 Å². The average molecular weight is 863 g/mol. The summed E-state index contributed by atoms with van der Waals surface area (Å²) < 4.78 is 16.8. The van der Waals surface area contributed by atoms with E-state index in [4.69, 9.17) is 14.2 Å². The van der Waals surface area contributed by atoms with Crippen LogP contribution in [0.4, 0.5) is 0 Å². The number of hydrogen-bond acceptors (Lipinski definition) is 6. The van der Waals surface area contributed by atoms with Gasteiger partial charge in [-0.05, 0) is 37.0 Å². The first-order valence-electron chi connectivity index (χ1n) is 27.2. The van der Waals surface area contributed by atoms with Crippen molar-refractivity contribution in [1.29, 1.82) is 0 Å². The van der Waals surface area contributed by atoms with Crippen molar-refractivity contribution in [3.05, 3.63) is 0 Å². The van der Waals surface area contributed by atoms with Gasteiger partial charge < -0.3 is 14.2 Å². The number of rotatable bonds is 48. The standard InChI is InChI=1S/C55H106O6/c1-7-50(5)42-36-30-24-20-17-18-22-26-33-39-45-54(57)60-48-52(61-55(58)46-40-34-28-27-31-37-43-51(6)8-2)47-59-53(56)44-38-32-25-21-16-14-12-10-9-11-13-15-19-23-29-35-41-49(3)4/h49-52H,7-48H2,1-6H3/t50?,51?,52-/m0/s1. The summed E-state index contributed by atoms with van der Waals surface area (Å²) in [6, 6.07) is 0. The molecule has 0 fully saturated rings. The van der Waals surface area contributed by atoms with E-state index < -0.39 is 6.10 Å². The topological polar surface area (TPSA) is 78.9 Å². The molecule has 0 aliphatic heterocycles. The van der Waals surface area contributed by atoms with E-state index in [0.29, 0.717) is 19.3 Å². The molecular formula is C55H106O6. The molecule has 362 valence electrons. The molecule has 0 aliphatic rings. The van der Waals surface area contributed by atoms with Gasteiger partial charge in [0, 0.05) is 19.3 Å². The normalized spacial score (nSPS) is 13.0. The predicted molar refractivity (Wildman–Crippen MR) is 261 cm³/mol. The van der Waals surface area contributed by atoms with Gasteiger partial charge in [0.1, 0.15) is 13.2 Å². The highest BCUT2D eigenvalue weighted by Gasteiger charge is 2.19. The SMILES string of the molecule is CCC(C)CCCCCCCCCCCCC(=O)OC[C@H](COC(=O)CCCCCCCCCCCCCCCCCCC(C)C)OC(=O)CCCCCCCCC(C)CC. The van der Waals surface area contributed by atoms with Crippen LogP contribution >= 0.6 is 0 Å². The molecule has 0 aromatic rings. The van der Waals surface area contributed by atoms with Crippen molar-refractivity contribution in [1.82, 2.24) is 0 Å². The van der Waals surface area contributed by atoms with Crippen LogP contribution in [0.1, 0.15) is 298 Å². The molecule has 0 spiro atoms. The summed E-state index contributed by atoms with van der Waals surface area (Å²) in [4.78, 5) is 38.0. The minimum absolute atomic E-state index is 0.0651. The van der Waals surface area contributed by atoms with Crippen molar-refractivity contribution in [2.24, 2.45) is 17.8 Å². The summed E-state index contributed by atoms with van der Waals surface area (Å²) >= 11 is 0. The highest BCUT2D eigenvalue weighted by molar-refractivity contribution is 5.71. The largest absolute Gasteiger partial charge is 0.462 e. The lowest BCUT2D eigenvalue weighted by molar-refractivity contribution is -0.167. The van der Waals surface area contributed by atoms with Gasteiger partial charge >= 0.3 is 17.9 Å². The number of carbonyl (C=O) groups is 3. The molecular weight excluding hydrogens is 757 g/mol. The summed E-state index contributed by atoms with van der Waals surface area (Å²) in [5, 5.41) is 0. The molecule has 0 aromatic heterocycles. The quantitative estimate of drug-likeness (QED) is 0.0344. The van der Waals surface area contributed by atoms with Gasteiger partial charge in [-0.2, -0.15) is 0 Å². The van der Waals surface area contributed by atoms with Gasteiger partial charge in [-0.1, -0.05) is 260 Å². The Labute approximate surface area is 380 Å². The van der Waals surface area contributed by atoms with E-state index in [1.54, 1.807) is 0 Å². The highest BCUT2D eigenvalue weighted by atomic mass is 16.6. The minimum Gasteiger partial charge on any atom is -0.462 e. The van der Waals surface area contributed by atoms with E-state index in [2.05, 4.69) is 41.5 Å². The van der Waals surface area contributed by atoms with Crippen molar-refractivity contribution < 1.29 is 28.6 Å². The van der Waals surface area contributed by atoms with Crippen LogP contribution in [-0.2, 0) is 28.6 Å². The lowest BCUT2D eigenvalue weighted by atomic mass is 9.99. The van der Waals surface area contributed by atoms with Crippen LogP contribution in [0.5, 0.6) is 0 Å². The van der Waals surface area contributed by atoms with Crippen LogP contribution in [0.2, 0.25) is 0 Å². The molecule has 2 unspecified atom stereocenters. The Morgan fingerprint density at radius 3 is 0.852 bits per heavy atom. The Bertz CT molecular complexity index is 949. The second-order valence-corrected chi connectivity index (χ2v) is 19.8. The van der Waals surface area contributed by atoms with Crippen molar-refractivity contribution in [3.63, 3.8) is 0 Å². The third-order valence-corrected chi connectivity index (χ3v) is 13.1. The Balaban J connectivity index is 4.24. The maximum Gasteiger partial charge on any atom is 0.306 e. The van der Waals surface area contributed by atoms with Crippen molar-refractivity contribution >= 4 is 17.9 Å². The van der Waals surface area contributed by atoms with Crippen molar-refractivity contribution in [2.75, 3.05) is 13.2 Å². The monoisotopic (exact) mass is 863 g/mol. The fourth-order valence-corrected chi connectivity index (χ4v) is 8.23. The molecule has 0 saturated carbocycles. The first-order chi connectivity index (χ1) is 29.7. The Kier molecular flexibility index (Phi) is 45.2. The van der Waals surface area contributed by atoms with E-state index in [-0.39, 0.29) is 31.1 Å². The second-order valence-electron chi connectivity index (χ2n) is 19.8. The maximum absolute atomic E-state index is 12.8. The molecule has 6 nitrogen and oxygen atoms in total. The molecule has 0 amide bonds. The Morgan fingerprint density at radius 1 is 0.328 bits per heavy atom. The van der Waals surface area contributed by atoms with E-state index in [1.807, 2.05) is 0 Å². The zero-order valence-electron chi connectivity index (χ0n) is 42.0. The maximum atomic E-state index is 12.8. The fraction of sp³-hybridized carbons (Fsp3) is 0.945. The van der Waals surface area contributed by atoms with Crippen LogP contribution in [0, 0.1) is 17.8 Å². The van der Waals surface area contributed by atoms with E-state index in [9.17, 15) is 14.4 Å². The van der Waals surface area contributed by atoms with Crippen LogP contribution < -0.4 is 0 Å². The summed E-state index contributed by atoms with van der Waals surface area (Å²) in [6.45, 7) is 13.7. The molecule has 3 atom stereocenters. The number of ether oxygens (including phenoxy) is 3. The minimum atomic E-state index is -0.764. The molecule has 61 heavy (non-hydrogen) atoms. The molecule has 0 rings (SSSR count). The lowest BCUT2D eigenvalue weighted by Gasteiger charge is -2.18. The van der Waals surface area contributed by atoms with Crippen molar-refractivity contribution in [3.8, 4) is 0 Å². The van der Waals surface area contributed by atoms with E-state index >= 15 is 0 Å². The molecule has 0 heterocycles. The summed E-state index contributed by atoms with van der Waals surface area (Å²) in [7, 11) is 0. The Morgan fingerprint density at radius 2 is 0.574 bits per heavy atom. The van der Waals surface area contributed by atoms with Gasteiger partial charge in [-0.25, -0.2) is 0 Å². The first kappa shape index (κ1) is 59.4. The smallest absolute Gasteiger partial charge is 0.306 e. The summed E-state index contributed by atoms with van der Waals surface area (Å²) in [5.41, 5.74) is 0. The number of esters is 3. The second kappa shape index (κ2) is 46.4. The van der Waals surface area contributed by atoms with Gasteiger partial charge in [-0.15, -0.1) is 0 Å². The molecule has 6 heteroatoms. The van der Waals surface area contributed by atoms with Crippen LogP contribution in [-0.4, -0.2) is 37.2 Å². The number of unbranched alkanes of at least 4 members (excludes halogenated alkanes) is 29. The van der Waals surface area contributed by atoms with Gasteiger partial charge in [0.15, 0.2) is 6.10 Å². The third kappa shape index (κ3) is 46.2. The predicted octanol–water partition coefficient (Wildman–Crippen LogP) is 17.6. The molecule has 0 saturated heterocycles.